The number of nitrogens with one attached hydrogen (secondary N) is 1. The molecule has 2 aromatic heterocycles. The molecule has 0 saturated carbocycles. The average molecular weight is 387 g/mol. The molecule has 0 saturated heterocycles. The summed E-state index contributed by atoms with van der Waals surface area (Å²) in [5.41, 5.74) is 3.01. The van der Waals surface area contributed by atoms with Gasteiger partial charge in [0.25, 0.3) is 11.5 Å². The SMILES string of the molecule is Cc1ccc(NC(=O)c2sc3ncn(C[C@H](O)CO)c(=O)c3c2C)c(C)c1. The predicted octanol–water partition coefficient (Wildman–Crippen LogP) is 1.99. The highest BCUT2D eigenvalue weighted by Gasteiger charge is 2.20. The molecule has 7 nitrogen and oxygen atoms in total. The molecule has 0 spiro atoms. The summed E-state index contributed by atoms with van der Waals surface area (Å²) in [5, 5.41) is 21.8. The normalized spacial score (nSPS) is 12.3. The average Bonchev–Trinajstić information content (AvgIpc) is 2.97. The summed E-state index contributed by atoms with van der Waals surface area (Å²) < 4.78 is 1.24. The molecule has 0 fully saturated rings. The van der Waals surface area contributed by atoms with E-state index in [1.165, 1.54) is 10.9 Å². The first-order chi connectivity index (χ1) is 12.8. The van der Waals surface area contributed by atoms with Crippen LogP contribution in [0.2, 0.25) is 0 Å². The van der Waals surface area contributed by atoms with E-state index >= 15 is 0 Å². The highest BCUT2D eigenvalue weighted by Crippen LogP contribution is 2.28. The van der Waals surface area contributed by atoms with Gasteiger partial charge in [-0.15, -0.1) is 11.3 Å². The number of aliphatic hydroxyl groups excluding tert-OH is 2. The molecular formula is C19H21N3O4S. The summed E-state index contributed by atoms with van der Waals surface area (Å²) in [6.07, 6.45) is 0.277. The van der Waals surface area contributed by atoms with E-state index in [-0.39, 0.29) is 18.0 Å². The fourth-order valence-corrected chi connectivity index (χ4v) is 3.96. The Morgan fingerprint density at radius 2 is 2.07 bits per heavy atom. The molecule has 0 unspecified atom stereocenters. The van der Waals surface area contributed by atoms with E-state index in [9.17, 15) is 14.7 Å². The number of hydrogen-bond acceptors (Lipinski definition) is 6. The Morgan fingerprint density at radius 1 is 1.33 bits per heavy atom. The molecule has 1 atom stereocenters. The molecule has 0 aliphatic heterocycles. The van der Waals surface area contributed by atoms with E-state index in [1.807, 2.05) is 32.0 Å². The van der Waals surface area contributed by atoms with Crippen LogP contribution >= 0.6 is 11.3 Å². The molecule has 3 aromatic rings. The number of hydrogen-bond donors (Lipinski definition) is 3. The van der Waals surface area contributed by atoms with Gasteiger partial charge in [-0.1, -0.05) is 17.7 Å². The third kappa shape index (κ3) is 3.78. The van der Waals surface area contributed by atoms with Crippen LogP contribution in [0.4, 0.5) is 5.69 Å². The summed E-state index contributed by atoms with van der Waals surface area (Å²) in [4.78, 5) is 30.6. The van der Waals surface area contributed by atoms with Gasteiger partial charge >= 0.3 is 0 Å². The van der Waals surface area contributed by atoms with Crippen molar-refractivity contribution >= 4 is 33.1 Å². The first-order valence-corrected chi connectivity index (χ1v) is 9.29. The summed E-state index contributed by atoms with van der Waals surface area (Å²) in [7, 11) is 0. The summed E-state index contributed by atoms with van der Waals surface area (Å²) in [6, 6.07) is 5.76. The van der Waals surface area contributed by atoms with Crippen molar-refractivity contribution in [2.75, 3.05) is 11.9 Å². The van der Waals surface area contributed by atoms with Crippen molar-refractivity contribution in [3.8, 4) is 0 Å². The van der Waals surface area contributed by atoms with E-state index in [1.54, 1.807) is 6.92 Å². The number of carbonyl (C=O) groups excluding carboxylic acids is 1. The smallest absolute Gasteiger partial charge is 0.266 e. The minimum atomic E-state index is -1.05. The van der Waals surface area contributed by atoms with Crippen molar-refractivity contribution in [2.45, 2.75) is 33.4 Å². The maximum Gasteiger partial charge on any atom is 0.266 e. The standard InChI is InChI=1S/C19H21N3O4S/c1-10-4-5-14(11(2)6-10)21-17(25)16-12(3)15-18(27-16)20-9-22(19(15)26)7-13(24)8-23/h4-6,9,13,23-24H,7-8H2,1-3H3,(H,21,25)/t13-/m0/s1. The second-order valence-corrected chi connectivity index (χ2v) is 7.55. The molecule has 0 bridgehead atoms. The summed E-state index contributed by atoms with van der Waals surface area (Å²) in [5.74, 6) is -0.288. The molecule has 8 heteroatoms. The van der Waals surface area contributed by atoms with Crippen LogP contribution in [0.3, 0.4) is 0 Å². The Hall–Kier alpha value is -2.55. The monoisotopic (exact) mass is 387 g/mol. The minimum Gasteiger partial charge on any atom is -0.394 e. The molecule has 1 amide bonds. The van der Waals surface area contributed by atoms with Crippen LogP contribution in [0.5, 0.6) is 0 Å². The molecule has 0 aliphatic rings. The number of anilines is 1. The fourth-order valence-electron chi connectivity index (χ4n) is 2.92. The van der Waals surface area contributed by atoms with Gasteiger partial charge in [-0.2, -0.15) is 0 Å². The van der Waals surface area contributed by atoms with Crippen LogP contribution in [-0.4, -0.2) is 38.4 Å². The van der Waals surface area contributed by atoms with E-state index in [0.717, 1.165) is 28.2 Å². The number of rotatable bonds is 5. The van der Waals surface area contributed by atoms with Crippen molar-refractivity contribution in [3.63, 3.8) is 0 Å². The number of aryl methyl sites for hydroxylation is 3. The van der Waals surface area contributed by atoms with Gasteiger partial charge in [-0.05, 0) is 38.0 Å². The third-order valence-electron chi connectivity index (χ3n) is 4.37. The maximum absolute atomic E-state index is 12.8. The number of thiophene rings is 1. The molecular weight excluding hydrogens is 366 g/mol. The Labute approximate surface area is 159 Å². The van der Waals surface area contributed by atoms with Gasteiger partial charge in [0.05, 0.1) is 35.8 Å². The number of aliphatic hydroxyl groups is 2. The lowest BCUT2D eigenvalue weighted by atomic mass is 10.1. The van der Waals surface area contributed by atoms with Gasteiger partial charge < -0.3 is 15.5 Å². The zero-order chi connectivity index (χ0) is 19.7. The van der Waals surface area contributed by atoms with Gasteiger partial charge in [-0.25, -0.2) is 4.98 Å². The molecule has 1 aromatic carbocycles. The molecule has 0 radical (unpaired) electrons. The van der Waals surface area contributed by atoms with E-state index in [2.05, 4.69) is 10.3 Å². The van der Waals surface area contributed by atoms with Crippen LogP contribution < -0.4 is 10.9 Å². The van der Waals surface area contributed by atoms with Crippen molar-refractivity contribution in [2.24, 2.45) is 0 Å². The van der Waals surface area contributed by atoms with Crippen molar-refractivity contribution < 1.29 is 15.0 Å². The predicted molar refractivity (Wildman–Crippen MR) is 106 cm³/mol. The molecule has 2 heterocycles. The third-order valence-corrected chi connectivity index (χ3v) is 5.57. The van der Waals surface area contributed by atoms with E-state index < -0.39 is 12.7 Å². The lowest BCUT2D eigenvalue weighted by molar-refractivity contribution is 0.0802. The first-order valence-electron chi connectivity index (χ1n) is 8.48. The van der Waals surface area contributed by atoms with Crippen LogP contribution in [-0.2, 0) is 6.54 Å². The van der Waals surface area contributed by atoms with Crippen LogP contribution in [0.1, 0.15) is 26.4 Å². The molecule has 27 heavy (non-hydrogen) atoms. The number of benzene rings is 1. The molecule has 142 valence electrons. The number of fused-ring (bicyclic) bond motifs is 1. The number of amides is 1. The summed E-state index contributed by atoms with van der Waals surface area (Å²) >= 11 is 1.16. The maximum atomic E-state index is 12.8. The lowest BCUT2D eigenvalue weighted by Crippen LogP contribution is -2.28. The Balaban J connectivity index is 1.97. The molecule has 3 N–H and O–H groups in total. The molecule has 0 aliphatic carbocycles. The van der Waals surface area contributed by atoms with Gasteiger partial charge in [0.1, 0.15) is 4.83 Å². The van der Waals surface area contributed by atoms with Crippen molar-refractivity contribution in [1.29, 1.82) is 0 Å². The van der Waals surface area contributed by atoms with Crippen LogP contribution in [0.25, 0.3) is 10.2 Å². The van der Waals surface area contributed by atoms with Gasteiger partial charge in [0.15, 0.2) is 0 Å². The van der Waals surface area contributed by atoms with E-state index in [4.69, 9.17) is 5.11 Å². The Bertz CT molecular complexity index is 1070. The first kappa shape index (κ1) is 19.2. The lowest BCUT2D eigenvalue weighted by Gasteiger charge is -2.09. The van der Waals surface area contributed by atoms with Gasteiger partial charge in [0.2, 0.25) is 0 Å². The van der Waals surface area contributed by atoms with Gasteiger partial charge in [0, 0.05) is 5.69 Å². The quantitative estimate of drug-likeness (QED) is 0.621. The second kappa shape index (κ2) is 7.59. The highest BCUT2D eigenvalue weighted by molar-refractivity contribution is 7.20. The largest absolute Gasteiger partial charge is 0.394 e. The minimum absolute atomic E-state index is 0.0579. The summed E-state index contributed by atoms with van der Waals surface area (Å²) in [6.45, 7) is 5.12. The topological polar surface area (TPSA) is 104 Å². The number of carbonyl (C=O) groups is 1. The number of aromatic nitrogens is 2. The Morgan fingerprint density at radius 3 is 2.74 bits per heavy atom. The van der Waals surface area contributed by atoms with Crippen LogP contribution in [0, 0.1) is 20.8 Å². The van der Waals surface area contributed by atoms with Crippen LogP contribution in [0.15, 0.2) is 29.3 Å². The Kier molecular flexibility index (Phi) is 5.41. The molecule has 3 rings (SSSR count). The van der Waals surface area contributed by atoms with Crippen molar-refractivity contribution in [3.05, 3.63) is 56.4 Å². The zero-order valence-electron chi connectivity index (χ0n) is 15.3. The van der Waals surface area contributed by atoms with E-state index in [0.29, 0.717) is 20.7 Å². The zero-order valence-corrected chi connectivity index (χ0v) is 16.1. The fraction of sp³-hybridized carbons (Fsp3) is 0.316. The highest BCUT2D eigenvalue weighted by atomic mass is 32.1. The number of nitrogens with zero attached hydrogens (tertiary/aromatic N) is 2. The second-order valence-electron chi connectivity index (χ2n) is 6.55. The van der Waals surface area contributed by atoms with Gasteiger partial charge in [-0.3, -0.25) is 14.2 Å². The van der Waals surface area contributed by atoms with Crippen molar-refractivity contribution in [1.82, 2.24) is 9.55 Å².